The molecule has 0 unspecified atom stereocenters. The van der Waals surface area contributed by atoms with Crippen molar-refractivity contribution in [3.63, 3.8) is 0 Å². The van der Waals surface area contributed by atoms with Crippen molar-refractivity contribution in [2.24, 2.45) is 0 Å². The van der Waals surface area contributed by atoms with E-state index in [1.165, 1.54) is 4.68 Å². The molecule has 0 amide bonds. The molecule has 8 heteroatoms. The van der Waals surface area contributed by atoms with Gasteiger partial charge in [0.15, 0.2) is 5.82 Å². The van der Waals surface area contributed by atoms with Gasteiger partial charge in [-0.05, 0) is 18.2 Å². The Labute approximate surface area is 120 Å². The highest BCUT2D eigenvalue weighted by Gasteiger charge is 2.09. The van der Waals surface area contributed by atoms with E-state index in [0.717, 1.165) is 5.69 Å². The number of nitrogen functional groups attached to an aromatic ring is 1. The Balaban J connectivity index is 1.83. The Kier molecular flexibility index (Phi) is 3.34. The summed E-state index contributed by atoms with van der Waals surface area (Å²) in [6, 6.07) is 9.01. The second-order valence-electron chi connectivity index (χ2n) is 4.11. The molecule has 3 N–H and O–H groups in total. The third-order valence-electron chi connectivity index (χ3n) is 2.70. The Morgan fingerprint density at radius 2 is 2.10 bits per heavy atom. The van der Waals surface area contributed by atoms with E-state index in [0.29, 0.717) is 17.6 Å². The zero-order valence-corrected chi connectivity index (χ0v) is 11.3. The number of nitrogens with zero attached hydrogens (tertiary/aromatic N) is 5. The predicted octanol–water partition coefficient (Wildman–Crippen LogP) is 1.39. The van der Waals surface area contributed by atoms with Crippen molar-refractivity contribution in [3.8, 4) is 11.7 Å². The van der Waals surface area contributed by atoms with Gasteiger partial charge in [-0.25, -0.2) is 9.97 Å². The van der Waals surface area contributed by atoms with Crippen LogP contribution in [-0.2, 0) is 0 Å². The number of pyridine rings is 2. The fraction of sp³-hybridized carbons (Fsp3) is 0.0769. The van der Waals surface area contributed by atoms with Gasteiger partial charge in [-0.15, -0.1) is 5.10 Å². The van der Waals surface area contributed by atoms with Gasteiger partial charge in [0.2, 0.25) is 17.8 Å². The zero-order valence-electron chi connectivity index (χ0n) is 11.3. The molecule has 0 saturated heterocycles. The maximum Gasteiger partial charge on any atom is 0.248 e. The summed E-state index contributed by atoms with van der Waals surface area (Å²) in [5.74, 6) is 1.75. The van der Waals surface area contributed by atoms with Crippen molar-refractivity contribution in [3.05, 3.63) is 42.7 Å². The van der Waals surface area contributed by atoms with Crippen molar-refractivity contribution in [2.45, 2.75) is 0 Å². The van der Waals surface area contributed by atoms with Gasteiger partial charge in [-0.1, -0.05) is 6.07 Å². The highest BCUT2D eigenvalue weighted by atomic mass is 16.5. The minimum atomic E-state index is 0.248. The quantitative estimate of drug-likeness (QED) is 0.745. The lowest BCUT2D eigenvalue weighted by Gasteiger charge is -2.02. The molecule has 0 aliphatic heterocycles. The number of nitrogens with two attached hydrogens (primary N) is 1. The normalized spacial score (nSPS) is 10.3. The summed E-state index contributed by atoms with van der Waals surface area (Å²) >= 11 is 0. The molecule has 0 atom stereocenters. The minimum Gasteiger partial charge on any atom is -0.481 e. The Bertz CT molecular complexity index is 724. The van der Waals surface area contributed by atoms with E-state index in [4.69, 9.17) is 10.5 Å². The van der Waals surface area contributed by atoms with E-state index in [9.17, 15) is 0 Å². The first-order chi connectivity index (χ1) is 10.3. The van der Waals surface area contributed by atoms with Crippen LogP contribution in [0, 0.1) is 0 Å². The number of aromatic nitrogens is 5. The molecular formula is C13H13N7O. The zero-order chi connectivity index (χ0) is 14.7. The number of nitrogens with one attached hydrogen (secondary N) is 1. The molecule has 0 spiro atoms. The first-order valence-corrected chi connectivity index (χ1v) is 6.17. The first-order valence-electron chi connectivity index (χ1n) is 6.17. The number of ether oxygens (including phenoxy) is 1. The Morgan fingerprint density at radius 3 is 2.76 bits per heavy atom. The lowest BCUT2D eigenvalue weighted by Crippen LogP contribution is -2.04. The highest BCUT2D eigenvalue weighted by Crippen LogP contribution is 2.17. The van der Waals surface area contributed by atoms with Crippen molar-refractivity contribution in [1.29, 1.82) is 0 Å². The van der Waals surface area contributed by atoms with E-state index in [-0.39, 0.29) is 5.95 Å². The van der Waals surface area contributed by atoms with Gasteiger partial charge in [-0.2, -0.15) is 9.67 Å². The maximum absolute atomic E-state index is 5.85. The summed E-state index contributed by atoms with van der Waals surface area (Å²) in [4.78, 5) is 12.4. The first kappa shape index (κ1) is 12.9. The van der Waals surface area contributed by atoms with Crippen molar-refractivity contribution >= 4 is 17.6 Å². The van der Waals surface area contributed by atoms with Crippen molar-refractivity contribution in [2.75, 3.05) is 18.2 Å². The molecule has 106 valence electrons. The molecule has 0 aliphatic carbocycles. The van der Waals surface area contributed by atoms with Gasteiger partial charge in [0.25, 0.3) is 0 Å². The number of hydrogen-bond donors (Lipinski definition) is 2. The van der Waals surface area contributed by atoms with E-state index < -0.39 is 0 Å². The van der Waals surface area contributed by atoms with Crippen LogP contribution in [0.1, 0.15) is 0 Å². The second kappa shape index (κ2) is 5.45. The summed E-state index contributed by atoms with van der Waals surface area (Å²) in [6.07, 6.45) is 3.29. The fourth-order valence-corrected chi connectivity index (χ4v) is 1.73. The Morgan fingerprint density at radius 1 is 1.19 bits per heavy atom. The molecule has 0 fully saturated rings. The van der Waals surface area contributed by atoms with E-state index in [1.807, 2.05) is 18.2 Å². The predicted molar refractivity (Wildman–Crippen MR) is 77.6 cm³/mol. The third kappa shape index (κ3) is 2.73. The van der Waals surface area contributed by atoms with Crippen LogP contribution >= 0.6 is 0 Å². The van der Waals surface area contributed by atoms with Gasteiger partial charge >= 0.3 is 0 Å². The molecule has 0 radical (unpaired) electrons. The average Bonchev–Trinajstić information content (AvgIpc) is 2.89. The van der Waals surface area contributed by atoms with Gasteiger partial charge in [-0.3, -0.25) is 0 Å². The molecular weight excluding hydrogens is 270 g/mol. The molecule has 21 heavy (non-hydrogen) atoms. The lowest BCUT2D eigenvalue weighted by molar-refractivity contribution is 0.398. The topological polar surface area (TPSA) is 104 Å². The summed E-state index contributed by atoms with van der Waals surface area (Å²) in [6.45, 7) is 0. The van der Waals surface area contributed by atoms with Crippen molar-refractivity contribution in [1.82, 2.24) is 24.7 Å². The van der Waals surface area contributed by atoms with E-state index in [2.05, 4.69) is 25.4 Å². The van der Waals surface area contributed by atoms with Gasteiger partial charge in [0.05, 0.1) is 19.0 Å². The fourth-order valence-electron chi connectivity index (χ4n) is 1.73. The van der Waals surface area contributed by atoms with Crippen LogP contribution in [0.4, 0.5) is 17.6 Å². The minimum absolute atomic E-state index is 0.248. The SMILES string of the molecule is COc1ccc(Nc2nc(N)n(-c3ccccn3)n2)cn1. The standard InChI is InChI=1S/C13H13N7O/c1-21-11-6-5-9(8-16-11)17-13-18-12(14)20(19-13)10-4-2-3-7-15-10/h2-8H,1H3,(H3,14,17,18,19). The summed E-state index contributed by atoms with van der Waals surface area (Å²) < 4.78 is 6.46. The van der Waals surface area contributed by atoms with Gasteiger partial charge in [0.1, 0.15) is 0 Å². The number of rotatable bonds is 4. The average molecular weight is 283 g/mol. The molecule has 3 rings (SSSR count). The monoisotopic (exact) mass is 283 g/mol. The Hall–Kier alpha value is -3.16. The molecule has 3 aromatic rings. The molecule has 8 nitrogen and oxygen atoms in total. The number of methoxy groups -OCH3 is 1. The summed E-state index contributed by atoms with van der Waals surface area (Å²) in [5, 5.41) is 7.28. The number of hydrogen-bond acceptors (Lipinski definition) is 7. The summed E-state index contributed by atoms with van der Waals surface area (Å²) in [7, 11) is 1.56. The largest absolute Gasteiger partial charge is 0.481 e. The number of anilines is 3. The molecule has 0 aliphatic rings. The summed E-state index contributed by atoms with van der Waals surface area (Å²) in [5.41, 5.74) is 6.58. The van der Waals surface area contributed by atoms with Crippen LogP contribution in [0.15, 0.2) is 42.7 Å². The molecule has 0 aromatic carbocycles. The van der Waals surface area contributed by atoms with Crippen LogP contribution in [0.25, 0.3) is 5.82 Å². The van der Waals surface area contributed by atoms with Gasteiger partial charge < -0.3 is 15.8 Å². The maximum atomic E-state index is 5.85. The lowest BCUT2D eigenvalue weighted by atomic mass is 10.4. The van der Waals surface area contributed by atoms with Crippen LogP contribution < -0.4 is 15.8 Å². The molecule has 3 aromatic heterocycles. The third-order valence-corrected chi connectivity index (χ3v) is 2.70. The smallest absolute Gasteiger partial charge is 0.248 e. The highest BCUT2D eigenvalue weighted by molar-refractivity contribution is 5.53. The molecule has 3 heterocycles. The van der Waals surface area contributed by atoms with E-state index in [1.54, 1.807) is 31.6 Å². The van der Waals surface area contributed by atoms with Crippen LogP contribution in [-0.4, -0.2) is 31.8 Å². The van der Waals surface area contributed by atoms with Crippen molar-refractivity contribution < 1.29 is 4.74 Å². The molecule has 0 bridgehead atoms. The van der Waals surface area contributed by atoms with E-state index >= 15 is 0 Å². The van der Waals surface area contributed by atoms with Gasteiger partial charge in [0, 0.05) is 12.3 Å². The second-order valence-corrected chi connectivity index (χ2v) is 4.11. The molecule has 0 saturated carbocycles. The van der Waals surface area contributed by atoms with Crippen LogP contribution in [0.5, 0.6) is 5.88 Å². The van der Waals surface area contributed by atoms with Crippen LogP contribution in [0.3, 0.4) is 0 Å². The van der Waals surface area contributed by atoms with Crippen LogP contribution in [0.2, 0.25) is 0 Å².